The molecule has 0 bridgehead atoms. The Morgan fingerprint density at radius 1 is 1.43 bits per heavy atom. The van der Waals surface area contributed by atoms with Gasteiger partial charge in [0.2, 0.25) is 0 Å². The maximum Gasteiger partial charge on any atom is 0.330 e. The third-order valence-corrected chi connectivity index (χ3v) is 3.74. The highest BCUT2D eigenvalue weighted by Gasteiger charge is 2.37. The number of carbonyl (C=O) groups excluding carboxylic acids is 1. The minimum absolute atomic E-state index is 0.00705. The Labute approximate surface area is 122 Å². The van der Waals surface area contributed by atoms with Crippen LogP contribution < -0.4 is 5.32 Å². The molecule has 0 saturated carbocycles. The Morgan fingerprint density at radius 3 is 2.62 bits per heavy atom. The summed E-state index contributed by atoms with van der Waals surface area (Å²) in [5.74, 6) is -2.08. The Kier molecular flexibility index (Phi) is 4.90. The molecule has 1 aliphatic rings. The minimum Gasteiger partial charge on any atom is -0.467 e. The van der Waals surface area contributed by atoms with Crippen molar-refractivity contribution in [3.05, 3.63) is 35.4 Å². The molecule has 2 atom stereocenters. The van der Waals surface area contributed by atoms with Crippen molar-refractivity contribution in [3.8, 4) is 0 Å². The molecule has 0 aromatic heterocycles. The lowest BCUT2D eigenvalue weighted by molar-refractivity contribution is -0.148. The molecule has 2 unspecified atom stereocenters. The van der Waals surface area contributed by atoms with Crippen LogP contribution >= 0.6 is 0 Å². The van der Waals surface area contributed by atoms with E-state index in [0.29, 0.717) is 13.2 Å². The molecule has 0 aliphatic carbocycles. The first-order valence-corrected chi connectivity index (χ1v) is 6.87. The molecule has 4 nitrogen and oxygen atoms in total. The second-order valence-electron chi connectivity index (χ2n) is 5.29. The van der Waals surface area contributed by atoms with Gasteiger partial charge in [-0.3, -0.25) is 5.32 Å². The van der Waals surface area contributed by atoms with E-state index in [1.807, 2.05) is 0 Å². The lowest BCUT2D eigenvalue weighted by Gasteiger charge is -2.29. The minimum atomic E-state index is -1.33. The van der Waals surface area contributed by atoms with E-state index in [-0.39, 0.29) is 11.7 Å². The van der Waals surface area contributed by atoms with E-state index >= 15 is 0 Å². The van der Waals surface area contributed by atoms with E-state index < -0.39 is 23.1 Å². The summed E-state index contributed by atoms with van der Waals surface area (Å²) in [7, 11) is 1.24. The number of nitrogens with one attached hydrogen (secondary N) is 1. The van der Waals surface area contributed by atoms with Crippen molar-refractivity contribution < 1.29 is 23.0 Å². The molecule has 1 aromatic carbocycles. The molecule has 1 N–H and O–H groups in total. The zero-order valence-electron chi connectivity index (χ0n) is 12.1. The third-order valence-electron chi connectivity index (χ3n) is 3.74. The van der Waals surface area contributed by atoms with Crippen molar-refractivity contribution in [1.29, 1.82) is 0 Å². The van der Waals surface area contributed by atoms with Crippen LogP contribution in [-0.4, -0.2) is 32.3 Å². The molecule has 1 fully saturated rings. The van der Waals surface area contributed by atoms with Gasteiger partial charge in [0.05, 0.1) is 13.2 Å². The molecular formula is C15H19F2NO3. The number of methoxy groups -OCH3 is 1. The van der Waals surface area contributed by atoms with Gasteiger partial charge in [0.15, 0.2) is 0 Å². The van der Waals surface area contributed by atoms with Crippen LogP contribution in [0.5, 0.6) is 0 Å². The van der Waals surface area contributed by atoms with Crippen molar-refractivity contribution in [1.82, 2.24) is 5.32 Å². The summed E-state index contributed by atoms with van der Waals surface area (Å²) in [4.78, 5) is 12.1. The smallest absolute Gasteiger partial charge is 0.330 e. The second-order valence-corrected chi connectivity index (χ2v) is 5.29. The highest BCUT2D eigenvalue weighted by Crippen LogP contribution is 2.25. The van der Waals surface area contributed by atoms with Gasteiger partial charge in [-0.25, -0.2) is 13.6 Å². The molecule has 116 valence electrons. The average Bonchev–Trinajstić information content (AvgIpc) is 2.96. The quantitative estimate of drug-likeness (QED) is 0.846. The molecule has 1 aromatic rings. The first-order chi connectivity index (χ1) is 9.95. The predicted molar refractivity (Wildman–Crippen MR) is 72.7 cm³/mol. The van der Waals surface area contributed by atoms with Gasteiger partial charge in [-0.1, -0.05) is 0 Å². The first-order valence-electron chi connectivity index (χ1n) is 6.87. The third kappa shape index (κ3) is 3.57. The SMILES string of the molecule is COC(=O)C(C)(NCC1CCCO1)c1cc(F)cc(F)c1. The largest absolute Gasteiger partial charge is 0.467 e. The molecule has 0 amide bonds. The summed E-state index contributed by atoms with van der Waals surface area (Å²) in [6.07, 6.45) is 1.85. The van der Waals surface area contributed by atoms with Gasteiger partial charge in [-0.2, -0.15) is 0 Å². The van der Waals surface area contributed by atoms with Crippen molar-refractivity contribution in [2.45, 2.75) is 31.4 Å². The highest BCUT2D eigenvalue weighted by molar-refractivity contribution is 5.82. The van der Waals surface area contributed by atoms with Gasteiger partial charge >= 0.3 is 5.97 Å². The van der Waals surface area contributed by atoms with Gasteiger partial charge < -0.3 is 9.47 Å². The second kappa shape index (κ2) is 6.49. The van der Waals surface area contributed by atoms with Crippen molar-refractivity contribution >= 4 is 5.97 Å². The van der Waals surface area contributed by atoms with Crippen LogP contribution in [0.2, 0.25) is 0 Å². The molecule has 1 heterocycles. The monoisotopic (exact) mass is 299 g/mol. The summed E-state index contributed by atoms with van der Waals surface area (Å²) < 4.78 is 37.1. The summed E-state index contributed by atoms with van der Waals surface area (Å²) in [5.41, 5.74) is -1.14. The van der Waals surface area contributed by atoms with Crippen LogP contribution in [0.15, 0.2) is 18.2 Å². The number of ether oxygens (including phenoxy) is 2. The van der Waals surface area contributed by atoms with E-state index in [9.17, 15) is 13.6 Å². The maximum atomic E-state index is 13.4. The van der Waals surface area contributed by atoms with Gasteiger partial charge in [-0.05, 0) is 37.5 Å². The summed E-state index contributed by atoms with van der Waals surface area (Å²) in [6.45, 7) is 2.64. The van der Waals surface area contributed by atoms with E-state index in [2.05, 4.69) is 5.32 Å². The van der Waals surface area contributed by atoms with Gasteiger partial charge in [-0.15, -0.1) is 0 Å². The standard InChI is InChI=1S/C15H19F2NO3/c1-15(14(19)20-2,18-9-13-4-3-5-21-13)10-6-11(16)8-12(17)7-10/h6-8,13,18H,3-5,9H2,1-2H3. The van der Waals surface area contributed by atoms with Gasteiger partial charge in [0, 0.05) is 19.2 Å². The van der Waals surface area contributed by atoms with Crippen LogP contribution in [0.1, 0.15) is 25.3 Å². The number of carbonyl (C=O) groups is 1. The molecule has 1 saturated heterocycles. The van der Waals surface area contributed by atoms with E-state index in [0.717, 1.165) is 31.0 Å². The normalized spacial score (nSPS) is 21.0. The lowest BCUT2D eigenvalue weighted by Crippen LogP contribution is -2.50. The van der Waals surface area contributed by atoms with Crippen LogP contribution in [0, 0.1) is 11.6 Å². The van der Waals surface area contributed by atoms with Crippen LogP contribution in [0.25, 0.3) is 0 Å². The fraction of sp³-hybridized carbons (Fsp3) is 0.533. The number of rotatable bonds is 5. The van der Waals surface area contributed by atoms with E-state index in [1.54, 1.807) is 6.92 Å². The maximum absolute atomic E-state index is 13.4. The topological polar surface area (TPSA) is 47.6 Å². The van der Waals surface area contributed by atoms with Crippen molar-refractivity contribution in [2.75, 3.05) is 20.3 Å². The molecule has 0 radical (unpaired) electrons. The summed E-state index contributed by atoms with van der Waals surface area (Å²) in [5, 5.41) is 3.03. The van der Waals surface area contributed by atoms with E-state index in [4.69, 9.17) is 9.47 Å². The zero-order chi connectivity index (χ0) is 15.5. The predicted octanol–water partition coefficient (Wildman–Crippen LogP) is 2.12. The first kappa shape index (κ1) is 15.9. The molecule has 1 aliphatic heterocycles. The van der Waals surface area contributed by atoms with Gasteiger partial charge in [0.25, 0.3) is 0 Å². The average molecular weight is 299 g/mol. The van der Waals surface area contributed by atoms with Crippen molar-refractivity contribution in [3.63, 3.8) is 0 Å². The molecule has 6 heteroatoms. The number of halogens is 2. The Bertz CT molecular complexity index is 497. The molecular weight excluding hydrogens is 280 g/mol. The van der Waals surface area contributed by atoms with Crippen LogP contribution in [-0.2, 0) is 19.8 Å². The highest BCUT2D eigenvalue weighted by atomic mass is 19.1. The van der Waals surface area contributed by atoms with E-state index in [1.165, 1.54) is 7.11 Å². The number of hydrogen-bond acceptors (Lipinski definition) is 4. The van der Waals surface area contributed by atoms with Gasteiger partial charge in [0.1, 0.15) is 17.2 Å². The summed E-state index contributed by atoms with van der Waals surface area (Å²) in [6, 6.07) is 3.02. The lowest BCUT2D eigenvalue weighted by atomic mass is 9.91. The fourth-order valence-electron chi connectivity index (χ4n) is 2.46. The Morgan fingerprint density at radius 2 is 2.10 bits per heavy atom. The summed E-state index contributed by atoms with van der Waals surface area (Å²) >= 11 is 0. The Hall–Kier alpha value is -1.53. The number of esters is 1. The molecule has 21 heavy (non-hydrogen) atoms. The van der Waals surface area contributed by atoms with Crippen LogP contribution in [0.4, 0.5) is 8.78 Å². The van der Waals surface area contributed by atoms with Crippen molar-refractivity contribution in [2.24, 2.45) is 0 Å². The Balaban J connectivity index is 2.24. The number of benzene rings is 1. The fourth-order valence-corrected chi connectivity index (χ4v) is 2.46. The number of hydrogen-bond donors (Lipinski definition) is 1. The molecule has 0 spiro atoms. The molecule has 2 rings (SSSR count). The van der Waals surface area contributed by atoms with Crippen LogP contribution in [0.3, 0.4) is 0 Å². The zero-order valence-corrected chi connectivity index (χ0v) is 12.1.